The largest absolute Gasteiger partial charge is 0.356 e. The number of carbonyl (C=O) groups is 1. The summed E-state index contributed by atoms with van der Waals surface area (Å²) >= 11 is 1.67. The van der Waals surface area contributed by atoms with Gasteiger partial charge in [-0.3, -0.25) is 4.79 Å². The maximum Gasteiger partial charge on any atom is 0.177 e. The van der Waals surface area contributed by atoms with Crippen LogP contribution in [0.25, 0.3) is 11.3 Å². The van der Waals surface area contributed by atoms with Crippen LogP contribution < -0.4 is 0 Å². The average Bonchev–Trinajstić information content (AvgIpc) is 3.15. The van der Waals surface area contributed by atoms with Crippen molar-refractivity contribution in [2.24, 2.45) is 5.92 Å². The molecule has 0 saturated heterocycles. The Morgan fingerprint density at radius 3 is 3.00 bits per heavy atom. The lowest BCUT2D eigenvalue weighted by Gasteiger charge is -2.02. The second kappa shape index (κ2) is 4.61. The monoisotopic (exact) mass is 259 g/mol. The number of aromatic nitrogens is 1. The number of rotatable bonds is 4. The molecular weight excluding hydrogens is 246 g/mol. The first-order valence-corrected chi connectivity index (χ1v) is 7.15. The van der Waals surface area contributed by atoms with E-state index in [2.05, 4.69) is 5.16 Å². The Labute approximate surface area is 110 Å². The lowest BCUT2D eigenvalue weighted by atomic mass is 10.0. The van der Waals surface area contributed by atoms with Crippen LogP contribution in [0.5, 0.6) is 0 Å². The molecule has 0 amide bonds. The summed E-state index contributed by atoms with van der Waals surface area (Å²) in [5.74, 6) is 0.954. The van der Waals surface area contributed by atoms with E-state index in [1.54, 1.807) is 18.0 Å². The maximum absolute atomic E-state index is 12.1. The molecule has 1 fully saturated rings. The fourth-order valence-corrected chi connectivity index (χ4v) is 2.41. The van der Waals surface area contributed by atoms with Gasteiger partial charge in [-0.1, -0.05) is 17.3 Å². The first-order chi connectivity index (χ1) is 8.79. The van der Waals surface area contributed by atoms with Crippen molar-refractivity contribution in [2.45, 2.75) is 17.7 Å². The molecule has 2 aromatic rings. The molecule has 1 aliphatic carbocycles. The van der Waals surface area contributed by atoms with E-state index >= 15 is 0 Å². The molecule has 1 heterocycles. The molecule has 3 nitrogen and oxygen atoms in total. The molecular formula is C14H13NO2S. The minimum atomic E-state index is 0.167. The third-order valence-corrected chi connectivity index (χ3v) is 3.84. The number of hydrogen-bond donors (Lipinski definition) is 0. The second-order valence-corrected chi connectivity index (χ2v) is 5.32. The zero-order chi connectivity index (χ0) is 12.5. The van der Waals surface area contributed by atoms with Crippen molar-refractivity contribution in [3.8, 4) is 11.3 Å². The summed E-state index contributed by atoms with van der Waals surface area (Å²) in [5, 5.41) is 3.78. The predicted octanol–water partition coefficient (Wildman–Crippen LogP) is 3.66. The molecule has 0 N–H and O–H groups in total. The highest BCUT2D eigenvalue weighted by atomic mass is 32.2. The van der Waals surface area contributed by atoms with E-state index in [4.69, 9.17) is 4.52 Å². The van der Waals surface area contributed by atoms with Gasteiger partial charge in [0.2, 0.25) is 0 Å². The van der Waals surface area contributed by atoms with Crippen molar-refractivity contribution in [3.05, 3.63) is 36.0 Å². The van der Waals surface area contributed by atoms with E-state index < -0.39 is 0 Å². The summed E-state index contributed by atoms with van der Waals surface area (Å²) in [6.45, 7) is 0. The van der Waals surface area contributed by atoms with Crippen LogP contribution in [0.3, 0.4) is 0 Å². The molecule has 3 rings (SSSR count). The van der Waals surface area contributed by atoms with Crippen molar-refractivity contribution >= 4 is 17.5 Å². The van der Waals surface area contributed by atoms with Gasteiger partial charge in [0.1, 0.15) is 0 Å². The summed E-state index contributed by atoms with van der Waals surface area (Å²) in [6.07, 6.45) is 5.56. The molecule has 0 aliphatic heterocycles. The van der Waals surface area contributed by atoms with E-state index in [1.807, 2.05) is 30.5 Å². The SMILES string of the molecule is CSc1cccc(-c2oncc2C(=O)C2CC2)c1. The summed E-state index contributed by atoms with van der Waals surface area (Å²) < 4.78 is 5.27. The van der Waals surface area contributed by atoms with E-state index in [0.29, 0.717) is 11.3 Å². The molecule has 18 heavy (non-hydrogen) atoms. The van der Waals surface area contributed by atoms with Gasteiger partial charge in [-0.25, -0.2) is 0 Å². The third kappa shape index (κ3) is 2.08. The van der Waals surface area contributed by atoms with E-state index in [1.165, 1.54) is 0 Å². The number of nitrogens with zero attached hydrogens (tertiary/aromatic N) is 1. The third-order valence-electron chi connectivity index (χ3n) is 3.12. The minimum Gasteiger partial charge on any atom is -0.356 e. The zero-order valence-corrected chi connectivity index (χ0v) is 10.9. The van der Waals surface area contributed by atoms with E-state index in [0.717, 1.165) is 23.3 Å². The maximum atomic E-state index is 12.1. The van der Waals surface area contributed by atoms with E-state index in [9.17, 15) is 4.79 Å². The number of benzene rings is 1. The highest BCUT2D eigenvalue weighted by Crippen LogP contribution is 2.36. The predicted molar refractivity (Wildman–Crippen MR) is 70.8 cm³/mol. The number of hydrogen-bond acceptors (Lipinski definition) is 4. The first kappa shape index (κ1) is 11.5. The van der Waals surface area contributed by atoms with Crippen LogP contribution in [0.2, 0.25) is 0 Å². The summed E-state index contributed by atoms with van der Waals surface area (Å²) in [7, 11) is 0. The Balaban J connectivity index is 2.00. The van der Waals surface area contributed by atoms with Gasteiger partial charge in [0.25, 0.3) is 0 Å². The first-order valence-electron chi connectivity index (χ1n) is 5.93. The Bertz CT molecular complexity index is 587. The van der Waals surface area contributed by atoms with Gasteiger partial charge in [0, 0.05) is 16.4 Å². The van der Waals surface area contributed by atoms with Crippen LogP contribution in [0, 0.1) is 5.92 Å². The lowest BCUT2D eigenvalue weighted by molar-refractivity contribution is 0.0968. The van der Waals surface area contributed by atoms with Gasteiger partial charge in [-0.05, 0) is 31.2 Å². The Morgan fingerprint density at radius 2 is 2.28 bits per heavy atom. The number of ketones is 1. The fraction of sp³-hybridized carbons (Fsp3) is 0.286. The molecule has 0 atom stereocenters. The molecule has 0 unspecified atom stereocenters. The quantitative estimate of drug-likeness (QED) is 0.621. The minimum absolute atomic E-state index is 0.167. The van der Waals surface area contributed by atoms with Gasteiger partial charge in [-0.2, -0.15) is 0 Å². The van der Waals surface area contributed by atoms with Gasteiger partial charge in [-0.15, -0.1) is 11.8 Å². The van der Waals surface area contributed by atoms with Gasteiger partial charge in [0.15, 0.2) is 11.5 Å². The highest BCUT2D eigenvalue weighted by Gasteiger charge is 2.33. The van der Waals surface area contributed by atoms with Crippen LogP contribution in [0.4, 0.5) is 0 Å². The van der Waals surface area contributed by atoms with Crippen LogP contribution in [-0.2, 0) is 0 Å². The normalized spacial score (nSPS) is 14.7. The molecule has 0 spiro atoms. The lowest BCUT2D eigenvalue weighted by Crippen LogP contribution is -2.01. The summed E-state index contributed by atoms with van der Waals surface area (Å²) in [5.41, 5.74) is 1.54. The molecule has 92 valence electrons. The molecule has 0 radical (unpaired) electrons. The fourth-order valence-electron chi connectivity index (χ4n) is 1.95. The molecule has 1 aromatic heterocycles. The van der Waals surface area contributed by atoms with Crippen molar-refractivity contribution < 1.29 is 9.32 Å². The highest BCUT2D eigenvalue weighted by molar-refractivity contribution is 7.98. The molecule has 1 saturated carbocycles. The number of thioether (sulfide) groups is 1. The van der Waals surface area contributed by atoms with Crippen molar-refractivity contribution in [3.63, 3.8) is 0 Å². The molecule has 4 heteroatoms. The van der Waals surface area contributed by atoms with Crippen molar-refractivity contribution in [2.75, 3.05) is 6.26 Å². The summed E-state index contributed by atoms with van der Waals surface area (Å²) in [6, 6.07) is 7.97. The average molecular weight is 259 g/mol. The van der Waals surface area contributed by atoms with Crippen LogP contribution >= 0.6 is 11.8 Å². The van der Waals surface area contributed by atoms with Crippen LogP contribution in [-0.4, -0.2) is 17.2 Å². The Kier molecular flexibility index (Phi) is 2.96. The van der Waals surface area contributed by atoms with Crippen LogP contribution in [0.15, 0.2) is 39.9 Å². The molecule has 0 bridgehead atoms. The van der Waals surface area contributed by atoms with Crippen molar-refractivity contribution in [1.29, 1.82) is 0 Å². The molecule has 1 aromatic carbocycles. The standard InChI is InChI=1S/C14H13NO2S/c1-18-11-4-2-3-10(7-11)14-12(8-15-17-14)13(16)9-5-6-9/h2-4,7-9H,5-6H2,1H3. The number of Topliss-reactive ketones (excluding diaryl/α,β-unsaturated/α-hetero) is 1. The number of carbonyl (C=O) groups excluding carboxylic acids is 1. The zero-order valence-electron chi connectivity index (χ0n) is 10.1. The Hall–Kier alpha value is -1.55. The van der Waals surface area contributed by atoms with Gasteiger partial charge in [0.05, 0.1) is 11.8 Å². The van der Waals surface area contributed by atoms with Gasteiger partial charge < -0.3 is 4.52 Å². The second-order valence-electron chi connectivity index (χ2n) is 4.44. The van der Waals surface area contributed by atoms with Gasteiger partial charge >= 0.3 is 0 Å². The molecule has 1 aliphatic rings. The Morgan fingerprint density at radius 1 is 1.44 bits per heavy atom. The summed E-state index contributed by atoms with van der Waals surface area (Å²) in [4.78, 5) is 13.3. The van der Waals surface area contributed by atoms with Crippen LogP contribution in [0.1, 0.15) is 23.2 Å². The topological polar surface area (TPSA) is 43.1 Å². The van der Waals surface area contributed by atoms with Crippen molar-refractivity contribution in [1.82, 2.24) is 5.16 Å². The smallest absolute Gasteiger partial charge is 0.177 e. The van der Waals surface area contributed by atoms with E-state index in [-0.39, 0.29) is 11.7 Å².